The van der Waals surface area contributed by atoms with Gasteiger partial charge in [0.2, 0.25) is 0 Å². The van der Waals surface area contributed by atoms with E-state index in [0.29, 0.717) is 5.69 Å². The van der Waals surface area contributed by atoms with Gasteiger partial charge in [0.25, 0.3) is 5.91 Å². The van der Waals surface area contributed by atoms with Gasteiger partial charge >= 0.3 is 5.97 Å². The van der Waals surface area contributed by atoms with E-state index in [4.69, 9.17) is 4.74 Å². The normalized spacial score (nSPS) is 11.9. The molecule has 0 aliphatic rings. The van der Waals surface area contributed by atoms with Gasteiger partial charge in [0.05, 0.1) is 24.3 Å². The van der Waals surface area contributed by atoms with Crippen LogP contribution >= 0.6 is 0 Å². The summed E-state index contributed by atoms with van der Waals surface area (Å²) in [5.41, 5.74) is 2.85. The Kier molecular flexibility index (Phi) is 6.44. The van der Waals surface area contributed by atoms with Crippen LogP contribution in [0.2, 0.25) is 0 Å². The second-order valence-corrected chi connectivity index (χ2v) is 7.10. The minimum Gasteiger partial charge on any atom is -0.463 e. The van der Waals surface area contributed by atoms with Crippen LogP contribution in [-0.4, -0.2) is 27.8 Å². The average Bonchev–Trinajstić information content (AvgIpc) is 3.10. The van der Waals surface area contributed by atoms with E-state index in [1.54, 1.807) is 24.6 Å². The Hall–Kier alpha value is -3.41. The molecule has 3 rings (SSSR count). The molecule has 1 amide bonds. The zero-order valence-corrected chi connectivity index (χ0v) is 16.8. The molecule has 6 heteroatoms. The summed E-state index contributed by atoms with van der Waals surface area (Å²) in [5.74, 6) is -0.700. The van der Waals surface area contributed by atoms with Crippen LogP contribution in [0.5, 0.6) is 0 Å². The number of nitrogens with zero attached hydrogens (tertiary/aromatic N) is 2. The van der Waals surface area contributed by atoms with Crippen molar-refractivity contribution in [3.63, 3.8) is 0 Å². The molecule has 1 aromatic heterocycles. The van der Waals surface area contributed by atoms with Gasteiger partial charge in [-0.3, -0.25) is 9.59 Å². The zero-order valence-electron chi connectivity index (χ0n) is 16.8. The molecule has 1 atom stereocenters. The van der Waals surface area contributed by atoms with Gasteiger partial charge in [-0.25, -0.2) is 4.68 Å². The van der Waals surface area contributed by atoms with Gasteiger partial charge in [0.15, 0.2) is 5.69 Å². The quantitative estimate of drug-likeness (QED) is 0.618. The summed E-state index contributed by atoms with van der Waals surface area (Å²) in [6, 6.07) is 20.2. The Morgan fingerprint density at radius 3 is 2.28 bits per heavy atom. The van der Waals surface area contributed by atoms with Crippen molar-refractivity contribution in [2.75, 3.05) is 0 Å². The van der Waals surface area contributed by atoms with Gasteiger partial charge in [-0.2, -0.15) is 5.10 Å². The number of para-hydroxylation sites is 1. The number of aromatic nitrogens is 2. The molecule has 1 unspecified atom stereocenters. The average molecular weight is 391 g/mol. The molecule has 6 nitrogen and oxygen atoms in total. The molecule has 0 fully saturated rings. The Morgan fingerprint density at radius 2 is 1.66 bits per heavy atom. The maximum atomic E-state index is 12.9. The van der Waals surface area contributed by atoms with Crippen LogP contribution in [0, 0.1) is 6.92 Å². The van der Waals surface area contributed by atoms with Crippen molar-refractivity contribution in [3.05, 3.63) is 83.7 Å². The molecule has 0 bridgehead atoms. The predicted molar refractivity (Wildman–Crippen MR) is 111 cm³/mol. The smallest absolute Gasteiger partial charge is 0.308 e. The Bertz CT molecular complexity index is 966. The maximum absolute atomic E-state index is 12.9. The number of aryl methyl sites for hydroxylation is 1. The largest absolute Gasteiger partial charge is 0.463 e. The molecule has 0 saturated heterocycles. The first-order valence-corrected chi connectivity index (χ1v) is 9.61. The molecule has 0 aliphatic heterocycles. The highest BCUT2D eigenvalue weighted by Crippen LogP contribution is 2.19. The van der Waals surface area contributed by atoms with E-state index in [1.807, 2.05) is 67.6 Å². The van der Waals surface area contributed by atoms with Gasteiger partial charge in [0, 0.05) is 5.69 Å². The number of benzene rings is 2. The molecule has 1 N–H and O–H groups in total. The second-order valence-electron chi connectivity index (χ2n) is 7.10. The SMILES string of the molecule is Cc1cc(C(=O)NC(CC(=O)OC(C)C)c2ccccc2)nn1-c1ccccc1. The fraction of sp³-hybridized carbons (Fsp3) is 0.261. The number of hydrogen-bond acceptors (Lipinski definition) is 4. The Morgan fingerprint density at radius 1 is 1.03 bits per heavy atom. The summed E-state index contributed by atoms with van der Waals surface area (Å²) in [6.07, 6.45) is -0.161. The van der Waals surface area contributed by atoms with Crippen LogP contribution < -0.4 is 5.32 Å². The van der Waals surface area contributed by atoms with E-state index >= 15 is 0 Å². The van der Waals surface area contributed by atoms with Gasteiger partial charge in [-0.15, -0.1) is 0 Å². The summed E-state index contributed by atoms with van der Waals surface area (Å²) in [7, 11) is 0. The van der Waals surface area contributed by atoms with Crippen LogP contribution in [0.4, 0.5) is 0 Å². The number of nitrogens with one attached hydrogen (secondary N) is 1. The summed E-state index contributed by atoms with van der Waals surface area (Å²) >= 11 is 0. The van der Waals surface area contributed by atoms with Crippen LogP contribution in [0.1, 0.15) is 48.1 Å². The van der Waals surface area contributed by atoms with E-state index in [1.165, 1.54) is 0 Å². The highest BCUT2D eigenvalue weighted by atomic mass is 16.5. The number of ether oxygens (including phenoxy) is 1. The molecule has 29 heavy (non-hydrogen) atoms. The van der Waals surface area contributed by atoms with Crippen LogP contribution in [0.25, 0.3) is 5.69 Å². The van der Waals surface area contributed by atoms with Gasteiger partial charge < -0.3 is 10.1 Å². The third kappa shape index (κ3) is 5.31. The lowest BCUT2D eigenvalue weighted by molar-refractivity contribution is -0.147. The maximum Gasteiger partial charge on any atom is 0.308 e. The Balaban J connectivity index is 1.80. The number of carbonyl (C=O) groups is 2. The molecule has 0 saturated carbocycles. The molecule has 0 spiro atoms. The molecular formula is C23H25N3O3. The fourth-order valence-electron chi connectivity index (χ4n) is 3.06. The van der Waals surface area contributed by atoms with Crippen LogP contribution in [-0.2, 0) is 9.53 Å². The van der Waals surface area contributed by atoms with Crippen molar-refractivity contribution in [1.82, 2.24) is 15.1 Å². The molecule has 0 radical (unpaired) electrons. The zero-order chi connectivity index (χ0) is 20.8. The minimum atomic E-state index is -0.503. The highest BCUT2D eigenvalue weighted by molar-refractivity contribution is 5.93. The van der Waals surface area contributed by atoms with E-state index in [9.17, 15) is 9.59 Å². The predicted octanol–water partition coefficient (Wildman–Crippen LogP) is 3.99. The van der Waals surface area contributed by atoms with Crippen molar-refractivity contribution in [1.29, 1.82) is 0 Å². The summed E-state index contributed by atoms with van der Waals surface area (Å²) in [4.78, 5) is 25.1. The van der Waals surface area contributed by atoms with Crippen molar-refractivity contribution in [2.24, 2.45) is 0 Å². The summed E-state index contributed by atoms with van der Waals surface area (Å²) in [6.45, 7) is 5.49. The molecule has 3 aromatic rings. The first kappa shape index (κ1) is 20.3. The molecule has 0 aliphatic carbocycles. The topological polar surface area (TPSA) is 73.2 Å². The standard InChI is InChI=1S/C23H25N3O3/c1-16(2)29-22(27)15-20(18-10-6-4-7-11-18)24-23(28)21-14-17(3)26(25-21)19-12-8-5-9-13-19/h4-14,16,20H,15H2,1-3H3,(H,24,28). The number of rotatable bonds is 7. The van der Waals surface area contributed by atoms with Crippen molar-refractivity contribution in [2.45, 2.75) is 39.3 Å². The van der Waals surface area contributed by atoms with Crippen molar-refractivity contribution >= 4 is 11.9 Å². The van der Waals surface area contributed by atoms with Crippen LogP contribution in [0.15, 0.2) is 66.7 Å². The van der Waals surface area contributed by atoms with Crippen molar-refractivity contribution < 1.29 is 14.3 Å². The lowest BCUT2D eigenvalue weighted by Gasteiger charge is -2.19. The number of amides is 1. The van der Waals surface area contributed by atoms with Crippen molar-refractivity contribution in [3.8, 4) is 5.69 Å². The number of hydrogen-bond donors (Lipinski definition) is 1. The molecule has 1 heterocycles. The van der Waals surface area contributed by atoms with Gasteiger partial charge in [-0.1, -0.05) is 48.5 Å². The summed E-state index contributed by atoms with van der Waals surface area (Å²) in [5, 5.41) is 7.37. The van der Waals surface area contributed by atoms with Crippen LogP contribution in [0.3, 0.4) is 0 Å². The fourth-order valence-corrected chi connectivity index (χ4v) is 3.06. The summed E-state index contributed by atoms with van der Waals surface area (Å²) < 4.78 is 6.98. The Labute approximate surface area is 170 Å². The van der Waals surface area contributed by atoms with E-state index < -0.39 is 6.04 Å². The van der Waals surface area contributed by atoms with E-state index in [2.05, 4.69) is 10.4 Å². The third-order valence-electron chi connectivity index (χ3n) is 4.37. The molecular weight excluding hydrogens is 366 g/mol. The lowest BCUT2D eigenvalue weighted by Crippen LogP contribution is -2.31. The first-order valence-electron chi connectivity index (χ1n) is 9.61. The monoisotopic (exact) mass is 391 g/mol. The second kappa shape index (κ2) is 9.19. The number of esters is 1. The van der Waals surface area contributed by atoms with Gasteiger partial charge in [0.1, 0.15) is 0 Å². The van der Waals surface area contributed by atoms with E-state index in [-0.39, 0.29) is 24.4 Å². The third-order valence-corrected chi connectivity index (χ3v) is 4.37. The molecule has 2 aromatic carbocycles. The molecule has 150 valence electrons. The minimum absolute atomic E-state index is 0.0479. The first-order chi connectivity index (χ1) is 13.9. The van der Waals surface area contributed by atoms with Gasteiger partial charge in [-0.05, 0) is 44.5 Å². The van der Waals surface area contributed by atoms with E-state index in [0.717, 1.165) is 16.9 Å². The number of carbonyl (C=O) groups excluding carboxylic acids is 2. The lowest BCUT2D eigenvalue weighted by atomic mass is 10.0. The highest BCUT2D eigenvalue weighted by Gasteiger charge is 2.22.